The van der Waals surface area contributed by atoms with E-state index in [0.29, 0.717) is 5.69 Å². The minimum atomic E-state index is -1.04. The molecule has 2 aromatic rings. The molecule has 1 aliphatic rings. The van der Waals surface area contributed by atoms with Crippen molar-refractivity contribution in [1.29, 1.82) is 0 Å². The number of carbonyl (C=O) groups is 1. The fourth-order valence-electron chi connectivity index (χ4n) is 3.11. The molecule has 0 bridgehead atoms. The summed E-state index contributed by atoms with van der Waals surface area (Å²) in [5.74, 6) is 1.01. The molecule has 29 heavy (non-hydrogen) atoms. The normalized spacial score (nSPS) is 15.7. The van der Waals surface area contributed by atoms with Gasteiger partial charge in [0.15, 0.2) is 0 Å². The number of hydrogen-bond donors (Lipinski definition) is 5. The van der Waals surface area contributed by atoms with E-state index >= 15 is 0 Å². The number of hydrogen-bond acceptors (Lipinski definition) is 5. The predicted octanol–water partition coefficient (Wildman–Crippen LogP) is 3.52. The standard InChI is InChI=1S/C15H22N2O2.C7H7NO2/c1-19-13-7-5-11(6-8-13)9-17-15-12(10-18)3-2-4-14(15)16;9-7(10)8-6-4-2-1-3-5-6/h5-8,12,17-18H,2-4,9-10,16H2,1H3;1-5,8H,(H,9,10). The zero-order valence-corrected chi connectivity index (χ0v) is 16.6. The molecular weight excluding hydrogens is 370 g/mol. The zero-order valence-electron chi connectivity index (χ0n) is 16.6. The number of benzene rings is 2. The number of rotatable bonds is 6. The summed E-state index contributed by atoms with van der Waals surface area (Å²) >= 11 is 0. The number of carboxylic acid groups (broad SMARTS) is 1. The lowest BCUT2D eigenvalue weighted by atomic mass is 9.90. The van der Waals surface area contributed by atoms with E-state index in [4.69, 9.17) is 15.6 Å². The molecular formula is C22H29N3O4. The second-order valence-electron chi connectivity index (χ2n) is 6.71. The minimum absolute atomic E-state index is 0.158. The third-order valence-electron chi connectivity index (χ3n) is 4.64. The minimum Gasteiger partial charge on any atom is -0.497 e. The van der Waals surface area contributed by atoms with E-state index in [0.717, 1.165) is 43.0 Å². The Morgan fingerprint density at radius 3 is 2.45 bits per heavy atom. The third-order valence-corrected chi connectivity index (χ3v) is 4.64. The van der Waals surface area contributed by atoms with Crippen LogP contribution in [-0.4, -0.2) is 30.0 Å². The average Bonchev–Trinajstić information content (AvgIpc) is 2.74. The van der Waals surface area contributed by atoms with E-state index in [1.165, 1.54) is 5.56 Å². The molecule has 0 aliphatic heterocycles. The number of amides is 1. The van der Waals surface area contributed by atoms with Gasteiger partial charge in [-0.3, -0.25) is 5.32 Å². The highest BCUT2D eigenvalue weighted by atomic mass is 16.5. The summed E-state index contributed by atoms with van der Waals surface area (Å²) in [6.07, 6.45) is 1.94. The van der Waals surface area contributed by atoms with Gasteiger partial charge in [0.25, 0.3) is 0 Å². The Morgan fingerprint density at radius 1 is 1.17 bits per heavy atom. The molecule has 0 spiro atoms. The number of aliphatic hydroxyl groups is 1. The van der Waals surface area contributed by atoms with Crippen molar-refractivity contribution in [2.75, 3.05) is 19.0 Å². The molecule has 0 saturated heterocycles. The van der Waals surface area contributed by atoms with Crippen LogP contribution in [0.4, 0.5) is 10.5 Å². The Balaban J connectivity index is 0.000000253. The monoisotopic (exact) mass is 399 g/mol. The molecule has 1 amide bonds. The molecule has 0 saturated carbocycles. The summed E-state index contributed by atoms with van der Waals surface area (Å²) in [4.78, 5) is 10.1. The number of ether oxygens (including phenoxy) is 1. The van der Waals surface area contributed by atoms with Gasteiger partial charge in [-0.2, -0.15) is 0 Å². The number of methoxy groups -OCH3 is 1. The lowest BCUT2D eigenvalue weighted by molar-refractivity contribution is 0.209. The van der Waals surface area contributed by atoms with Crippen LogP contribution in [0.15, 0.2) is 66.0 Å². The maximum absolute atomic E-state index is 10.1. The van der Waals surface area contributed by atoms with Crippen molar-refractivity contribution in [1.82, 2.24) is 5.32 Å². The van der Waals surface area contributed by atoms with Crippen LogP contribution >= 0.6 is 0 Å². The molecule has 1 unspecified atom stereocenters. The molecule has 0 aromatic heterocycles. The number of nitrogens with two attached hydrogens (primary N) is 1. The van der Waals surface area contributed by atoms with Crippen molar-refractivity contribution in [2.24, 2.45) is 11.7 Å². The molecule has 7 heteroatoms. The van der Waals surface area contributed by atoms with E-state index < -0.39 is 6.09 Å². The van der Waals surface area contributed by atoms with Crippen LogP contribution in [0, 0.1) is 5.92 Å². The van der Waals surface area contributed by atoms with Gasteiger partial charge in [-0.25, -0.2) is 4.79 Å². The van der Waals surface area contributed by atoms with Gasteiger partial charge in [0.2, 0.25) is 0 Å². The Morgan fingerprint density at radius 2 is 1.86 bits per heavy atom. The third kappa shape index (κ3) is 7.38. The number of anilines is 1. The van der Waals surface area contributed by atoms with E-state index in [1.807, 2.05) is 30.3 Å². The summed E-state index contributed by atoms with van der Waals surface area (Å²) in [5.41, 5.74) is 9.71. The average molecular weight is 399 g/mol. The van der Waals surface area contributed by atoms with Gasteiger partial charge in [-0.15, -0.1) is 0 Å². The van der Waals surface area contributed by atoms with Crippen LogP contribution in [0.5, 0.6) is 5.75 Å². The molecule has 2 aromatic carbocycles. The van der Waals surface area contributed by atoms with Crippen LogP contribution in [-0.2, 0) is 6.54 Å². The number of para-hydroxylation sites is 1. The number of aliphatic hydroxyl groups excluding tert-OH is 1. The molecule has 0 fully saturated rings. The van der Waals surface area contributed by atoms with Crippen molar-refractivity contribution in [3.8, 4) is 5.75 Å². The molecule has 7 nitrogen and oxygen atoms in total. The Hall–Kier alpha value is -3.19. The van der Waals surface area contributed by atoms with Crippen LogP contribution in [0.25, 0.3) is 0 Å². The van der Waals surface area contributed by atoms with Crippen molar-refractivity contribution in [3.63, 3.8) is 0 Å². The van der Waals surface area contributed by atoms with Gasteiger partial charge < -0.3 is 26.0 Å². The van der Waals surface area contributed by atoms with Crippen molar-refractivity contribution in [3.05, 3.63) is 71.6 Å². The molecule has 156 valence electrons. The zero-order chi connectivity index (χ0) is 21.1. The van der Waals surface area contributed by atoms with Crippen molar-refractivity contribution in [2.45, 2.75) is 25.8 Å². The van der Waals surface area contributed by atoms with E-state index in [1.54, 1.807) is 31.4 Å². The lowest BCUT2D eigenvalue weighted by Gasteiger charge is -2.26. The fraction of sp³-hybridized carbons (Fsp3) is 0.318. The van der Waals surface area contributed by atoms with E-state index in [-0.39, 0.29) is 12.5 Å². The largest absolute Gasteiger partial charge is 0.497 e. The van der Waals surface area contributed by atoms with Gasteiger partial charge in [0.05, 0.1) is 13.7 Å². The summed E-state index contributed by atoms with van der Waals surface area (Å²) < 4.78 is 5.13. The maximum Gasteiger partial charge on any atom is 0.409 e. The SMILES string of the molecule is COc1ccc(CNC2=C(N)CCCC2CO)cc1.O=C(O)Nc1ccccc1. The number of nitrogens with one attached hydrogen (secondary N) is 2. The molecule has 1 aliphatic carbocycles. The fourth-order valence-corrected chi connectivity index (χ4v) is 3.11. The Kier molecular flexibility index (Phi) is 8.85. The predicted molar refractivity (Wildman–Crippen MR) is 114 cm³/mol. The van der Waals surface area contributed by atoms with Crippen molar-refractivity contribution >= 4 is 11.8 Å². The summed E-state index contributed by atoms with van der Waals surface area (Å²) in [5, 5.41) is 23.3. The van der Waals surface area contributed by atoms with Crippen molar-refractivity contribution < 1.29 is 19.7 Å². The first-order chi connectivity index (χ1) is 14.0. The van der Waals surface area contributed by atoms with Gasteiger partial charge in [-0.05, 0) is 49.1 Å². The van der Waals surface area contributed by atoms with Gasteiger partial charge in [0, 0.05) is 29.5 Å². The first kappa shape index (κ1) is 22.1. The molecule has 6 N–H and O–H groups in total. The highest BCUT2D eigenvalue weighted by Gasteiger charge is 2.20. The second kappa shape index (κ2) is 11.6. The Labute approximate surface area is 171 Å². The highest BCUT2D eigenvalue weighted by molar-refractivity contribution is 5.82. The molecule has 3 rings (SSSR count). The summed E-state index contributed by atoms with van der Waals surface area (Å²) in [6, 6.07) is 16.7. The van der Waals surface area contributed by atoms with Crippen LogP contribution in [0.2, 0.25) is 0 Å². The van der Waals surface area contributed by atoms with Gasteiger partial charge >= 0.3 is 6.09 Å². The molecule has 0 radical (unpaired) electrons. The molecule has 1 atom stereocenters. The first-order valence-corrected chi connectivity index (χ1v) is 9.54. The van der Waals surface area contributed by atoms with Crippen LogP contribution in [0.1, 0.15) is 24.8 Å². The Bertz CT molecular complexity index is 791. The quantitative estimate of drug-likeness (QED) is 0.507. The van der Waals surface area contributed by atoms with Crippen LogP contribution < -0.4 is 21.1 Å². The highest BCUT2D eigenvalue weighted by Crippen LogP contribution is 2.26. The summed E-state index contributed by atoms with van der Waals surface area (Å²) in [6.45, 7) is 0.877. The first-order valence-electron chi connectivity index (χ1n) is 9.54. The van der Waals surface area contributed by atoms with Crippen LogP contribution in [0.3, 0.4) is 0 Å². The topological polar surface area (TPSA) is 117 Å². The van der Waals surface area contributed by atoms with Gasteiger partial charge in [0.1, 0.15) is 5.75 Å². The van der Waals surface area contributed by atoms with Gasteiger partial charge in [-0.1, -0.05) is 30.3 Å². The maximum atomic E-state index is 10.1. The van der Waals surface area contributed by atoms with E-state index in [9.17, 15) is 9.90 Å². The molecule has 0 heterocycles. The smallest absolute Gasteiger partial charge is 0.409 e. The lowest BCUT2D eigenvalue weighted by Crippen LogP contribution is -2.29. The summed E-state index contributed by atoms with van der Waals surface area (Å²) in [7, 11) is 1.66. The number of allylic oxidation sites excluding steroid dienone is 1. The van der Waals surface area contributed by atoms with E-state index in [2.05, 4.69) is 10.6 Å². The second-order valence-corrected chi connectivity index (χ2v) is 6.71.